The highest BCUT2D eigenvalue weighted by atomic mass is 16.5. The Balaban J connectivity index is 2.82. The fourth-order valence-electron chi connectivity index (χ4n) is 1.82. The van der Waals surface area contributed by atoms with Gasteiger partial charge in [0.05, 0.1) is 13.5 Å². The minimum absolute atomic E-state index is 0.150. The molecule has 2 nitrogen and oxygen atoms in total. The Hall–Kier alpha value is -1.31. The molecule has 1 aromatic rings. The van der Waals surface area contributed by atoms with Crippen LogP contribution in [-0.2, 0) is 9.53 Å². The molecular weight excluding hydrogens is 188 g/mol. The number of ether oxygens (including phenoxy) is 1. The predicted molar refractivity (Wildman–Crippen MR) is 61.0 cm³/mol. The summed E-state index contributed by atoms with van der Waals surface area (Å²) in [5.41, 5.74) is 3.72. The van der Waals surface area contributed by atoms with Gasteiger partial charge in [-0.15, -0.1) is 0 Å². The molecule has 0 saturated heterocycles. The van der Waals surface area contributed by atoms with E-state index in [1.54, 1.807) is 0 Å². The van der Waals surface area contributed by atoms with Crippen LogP contribution in [0.5, 0.6) is 0 Å². The molecule has 82 valence electrons. The van der Waals surface area contributed by atoms with Gasteiger partial charge in [0.25, 0.3) is 0 Å². The lowest BCUT2D eigenvalue weighted by molar-refractivity contribution is -0.140. The largest absolute Gasteiger partial charge is 0.469 e. The van der Waals surface area contributed by atoms with Crippen molar-refractivity contribution in [2.24, 2.45) is 0 Å². The van der Waals surface area contributed by atoms with Crippen LogP contribution < -0.4 is 0 Å². The van der Waals surface area contributed by atoms with Crippen molar-refractivity contribution in [2.45, 2.75) is 33.1 Å². The average molecular weight is 206 g/mol. The Morgan fingerprint density at radius 1 is 1.40 bits per heavy atom. The molecule has 2 heteroatoms. The van der Waals surface area contributed by atoms with Crippen molar-refractivity contribution >= 4 is 5.97 Å². The van der Waals surface area contributed by atoms with Gasteiger partial charge in [-0.2, -0.15) is 0 Å². The molecule has 0 heterocycles. The highest BCUT2D eigenvalue weighted by molar-refractivity contribution is 5.70. The van der Waals surface area contributed by atoms with Gasteiger partial charge in [-0.1, -0.05) is 30.7 Å². The van der Waals surface area contributed by atoms with E-state index in [0.717, 1.165) is 0 Å². The summed E-state index contributed by atoms with van der Waals surface area (Å²) >= 11 is 0. The third-order valence-corrected chi connectivity index (χ3v) is 2.66. The van der Waals surface area contributed by atoms with Gasteiger partial charge >= 0.3 is 5.97 Å². The van der Waals surface area contributed by atoms with Crippen molar-refractivity contribution in [3.8, 4) is 0 Å². The van der Waals surface area contributed by atoms with Crippen molar-refractivity contribution in [1.82, 2.24) is 0 Å². The molecule has 1 rings (SSSR count). The summed E-state index contributed by atoms with van der Waals surface area (Å²) in [6.45, 7) is 6.20. The van der Waals surface area contributed by atoms with Crippen molar-refractivity contribution < 1.29 is 9.53 Å². The SMILES string of the molecule is COC(=O)CC(C)c1ccc(C)cc1C. The molecule has 0 aliphatic rings. The van der Waals surface area contributed by atoms with Gasteiger partial charge in [-0.25, -0.2) is 0 Å². The molecule has 1 unspecified atom stereocenters. The van der Waals surface area contributed by atoms with E-state index < -0.39 is 0 Å². The van der Waals surface area contributed by atoms with Crippen LogP contribution in [0.25, 0.3) is 0 Å². The average Bonchev–Trinajstić information content (AvgIpc) is 2.17. The predicted octanol–water partition coefficient (Wildman–Crippen LogP) is 2.97. The second-order valence-corrected chi connectivity index (χ2v) is 4.04. The lowest BCUT2D eigenvalue weighted by atomic mass is 9.93. The number of hydrogen-bond donors (Lipinski definition) is 0. The molecule has 0 amide bonds. The first-order valence-electron chi connectivity index (χ1n) is 5.18. The molecule has 1 aromatic carbocycles. The summed E-state index contributed by atoms with van der Waals surface area (Å²) in [5.74, 6) is 0.0699. The van der Waals surface area contributed by atoms with E-state index >= 15 is 0 Å². The van der Waals surface area contributed by atoms with Crippen molar-refractivity contribution in [1.29, 1.82) is 0 Å². The molecule has 0 saturated carbocycles. The Labute approximate surface area is 91.3 Å². The van der Waals surface area contributed by atoms with Crippen molar-refractivity contribution in [2.75, 3.05) is 7.11 Å². The fourth-order valence-corrected chi connectivity index (χ4v) is 1.82. The maximum Gasteiger partial charge on any atom is 0.306 e. The zero-order chi connectivity index (χ0) is 11.4. The van der Waals surface area contributed by atoms with Gasteiger partial charge < -0.3 is 4.74 Å². The van der Waals surface area contributed by atoms with Gasteiger partial charge in [0.1, 0.15) is 0 Å². The quantitative estimate of drug-likeness (QED) is 0.711. The van der Waals surface area contributed by atoms with Crippen molar-refractivity contribution in [3.05, 3.63) is 34.9 Å². The molecule has 0 bridgehead atoms. The number of aryl methyl sites for hydroxylation is 2. The highest BCUT2D eigenvalue weighted by Gasteiger charge is 2.13. The number of esters is 1. The van der Waals surface area contributed by atoms with E-state index in [9.17, 15) is 4.79 Å². The first-order chi connectivity index (χ1) is 7.04. The molecule has 1 atom stereocenters. The standard InChI is InChI=1S/C13H18O2/c1-9-5-6-12(10(2)7-9)11(3)8-13(14)15-4/h5-7,11H,8H2,1-4H3. The second kappa shape index (κ2) is 4.96. The zero-order valence-corrected chi connectivity index (χ0v) is 9.83. The van der Waals surface area contributed by atoms with Crippen LogP contribution >= 0.6 is 0 Å². The molecule has 0 aromatic heterocycles. The van der Waals surface area contributed by atoms with Gasteiger partial charge in [0.2, 0.25) is 0 Å². The van der Waals surface area contributed by atoms with Gasteiger partial charge in [0.15, 0.2) is 0 Å². The number of carbonyl (C=O) groups is 1. The van der Waals surface area contributed by atoms with Crippen LogP contribution in [0.3, 0.4) is 0 Å². The van der Waals surface area contributed by atoms with Gasteiger partial charge in [0, 0.05) is 0 Å². The number of methoxy groups -OCH3 is 1. The van der Waals surface area contributed by atoms with Gasteiger partial charge in [-0.3, -0.25) is 4.79 Å². The number of carbonyl (C=O) groups excluding carboxylic acids is 1. The number of rotatable bonds is 3. The van der Waals surface area contributed by atoms with Crippen LogP contribution in [-0.4, -0.2) is 13.1 Å². The molecular formula is C13H18O2. The monoisotopic (exact) mass is 206 g/mol. The fraction of sp³-hybridized carbons (Fsp3) is 0.462. The van der Waals surface area contributed by atoms with E-state index in [-0.39, 0.29) is 11.9 Å². The first kappa shape index (κ1) is 11.8. The van der Waals surface area contributed by atoms with E-state index in [4.69, 9.17) is 0 Å². The van der Waals surface area contributed by atoms with Crippen LogP contribution in [0.15, 0.2) is 18.2 Å². The zero-order valence-electron chi connectivity index (χ0n) is 9.83. The molecule has 0 N–H and O–H groups in total. The van der Waals surface area contributed by atoms with Crippen LogP contribution in [0, 0.1) is 13.8 Å². The summed E-state index contributed by atoms with van der Waals surface area (Å²) in [6.07, 6.45) is 0.445. The minimum Gasteiger partial charge on any atom is -0.469 e. The smallest absolute Gasteiger partial charge is 0.306 e. The third-order valence-electron chi connectivity index (χ3n) is 2.66. The maximum absolute atomic E-state index is 11.2. The Bertz CT molecular complexity index is 356. The molecule has 0 fully saturated rings. The third kappa shape index (κ3) is 3.08. The lowest BCUT2D eigenvalue weighted by Gasteiger charge is -2.13. The Kier molecular flexibility index (Phi) is 3.89. The van der Waals surface area contributed by atoms with Crippen LogP contribution in [0.2, 0.25) is 0 Å². The maximum atomic E-state index is 11.2. The summed E-state index contributed by atoms with van der Waals surface area (Å²) in [5, 5.41) is 0. The molecule has 0 aliphatic heterocycles. The van der Waals surface area contributed by atoms with E-state index in [2.05, 4.69) is 43.7 Å². The van der Waals surface area contributed by atoms with Crippen molar-refractivity contribution in [3.63, 3.8) is 0 Å². The highest BCUT2D eigenvalue weighted by Crippen LogP contribution is 2.23. The lowest BCUT2D eigenvalue weighted by Crippen LogP contribution is -2.07. The number of benzene rings is 1. The van der Waals surface area contributed by atoms with E-state index in [0.29, 0.717) is 6.42 Å². The first-order valence-corrected chi connectivity index (χ1v) is 5.18. The van der Waals surface area contributed by atoms with Crippen LogP contribution in [0.4, 0.5) is 0 Å². The topological polar surface area (TPSA) is 26.3 Å². The summed E-state index contributed by atoms with van der Waals surface area (Å²) in [7, 11) is 1.43. The van der Waals surface area contributed by atoms with Crippen LogP contribution in [0.1, 0.15) is 36.0 Å². The van der Waals surface area contributed by atoms with E-state index in [1.807, 2.05) is 0 Å². The molecule has 0 aliphatic carbocycles. The summed E-state index contributed by atoms with van der Waals surface area (Å²) < 4.78 is 4.67. The number of hydrogen-bond acceptors (Lipinski definition) is 2. The molecule has 0 spiro atoms. The Morgan fingerprint density at radius 3 is 2.60 bits per heavy atom. The van der Waals surface area contributed by atoms with E-state index in [1.165, 1.54) is 23.8 Å². The Morgan fingerprint density at radius 2 is 2.07 bits per heavy atom. The second-order valence-electron chi connectivity index (χ2n) is 4.04. The summed E-state index contributed by atoms with van der Waals surface area (Å²) in [6, 6.07) is 6.32. The molecule has 15 heavy (non-hydrogen) atoms. The van der Waals surface area contributed by atoms with Gasteiger partial charge in [-0.05, 0) is 30.9 Å². The normalized spacial score (nSPS) is 12.3. The summed E-state index contributed by atoms with van der Waals surface area (Å²) in [4.78, 5) is 11.2. The minimum atomic E-state index is -0.150. The molecule has 0 radical (unpaired) electrons.